The number of nitrogens with zero attached hydrogens (tertiary/aromatic N) is 4. The molecule has 9 heteroatoms. The fourth-order valence-corrected chi connectivity index (χ4v) is 4.62. The Labute approximate surface area is 188 Å². The van der Waals surface area contributed by atoms with Crippen LogP contribution in [0.4, 0.5) is 11.4 Å². The van der Waals surface area contributed by atoms with Gasteiger partial charge in [-0.3, -0.25) is 9.52 Å². The van der Waals surface area contributed by atoms with Crippen molar-refractivity contribution in [1.82, 2.24) is 14.7 Å². The number of aromatic nitrogens is 2. The highest BCUT2D eigenvalue weighted by Gasteiger charge is 2.27. The van der Waals surface area contributed by atoms with E-state index in [1.807, 2.05) is 65.9 Å². The Hall–Kier alpha value is -3.33. The minimum atomic E-state index is -3.30. The van der Waals surface area contributed by atoms with Crippen molar-refractivity contribution in [3.05, 3.63) is 71.5 Å². The number of hydrogen-bond donors (Lipinski definition) is 1. The van der Waals surface area contributed by atoms with Gasteiger partial charge in [0.05, 0.1) is 28.9 Å². The number of nitrogens with one attached hydrogen (secondary N) is 1. The number of benzene rings is 2. The monoisotopic (exact) mass is 453 g/mol. The molecular formula is C23H27N5O3S. The summed E-state index contributed by atoms with van der Waals surface area (Å²) in [6, 6.07) is 17.1. The lowest BCUT2D eigenvalue weighted by molar-refractivity contribution is 0.0745. The molecule has 1 amide bonds. The number of piperazine rings is 1. The van der Waals surface area contributed by atoms with Crippen molar-refractivity contribution in [3.8, 4) is 5.69 Å². The first-order valence-electron chi connectivity index (χ1n) is 10.5. The molecule has 0 aliphatic carbocycles. The Morgan fingerprint density at radius 2 is 1.53 bits per heavy atom. The summed E-state index contributed by atoms with van der Waals surface area (Å²) in [6.45, 7) is 6.44. The fourth-order valence-electron chi connectivity index (χ4n) is 4.05. The topological polar surface area (TPSA) is 87.5 Å². The third-order valence-electron chi connectivity index (χ3n) is 5.61. The molecule has 0 radical (unpaired) electrons. The molecule has 3 aromatic rings. The number of carbonyl (C=O) groups is 1. The van der Waals surface area contributed by atoms with Crippen molar-refractivity contribution in [2.75, 3.05) is 42.1 Å². The number of rotatable bonds is 5. The van der Waals surface area contributed by atoms with Gasteiger partial charge in [-0.1, -0.05) is 18.2 Å². The molecule has 0 unspecified atom stereocenters. The van der Waals surface area contributed by atoms with Crippen molar-refractivity contribution < 1.29 is 13.2 Å². The first-order valence-corrected chi connectivity index (χ1v) is 12.4. The highest BCUT2D eigenvalue weighted by atomic mass is 32.2. The maximum absolute atomic E-state index is 13.3. The Morgan fingerprint density at radius 3 is 2.12 bits per heavy atom. The van der Waals surface area contributed by atoms with E-state index in [9.17, 15) is 13.2 Å². The van der Waals surface area contributed by atoms with Gasteiger partial charge in [-0.2, -0.15) is 5.10 Å². The number of carbonyl (C=O) groups excluding carboxylic acids is 1. The molecule has 0 atom stereocenters. The molecule has 1 aromatic heterocycles. The van der Waals surface area contributed by atoms with E-state index in [0.29, 0.717) is 37.4 Å². The van der Waals surface area contributed by atoms with Crippen molar-refractivity contribution >= 4 is 27.3 Å². The number of aryl methyl sites for hydroxylation is 1. The van der Waals surface area contributed by atoms with Crippen LogP contribution in [-0.2, 0) is 10.0 Å². The van der Waals surface area contributed by atoms with Crippen LogP contribution in [0.3, 0.4) is 0 Å². The molecule has 8 nitrogen and oxygen atoms in total. The highest BCUT2D eigenvalue weighted by molar-refractivity contribution is 7.92. The second kappa shape index (κ2) is 8.66. The molecule has 2 aromatic carbocycles. The normalized spacial score (nSPS) is 14.5. The standard InChI is InChI=1S/C23H27N5O3S/c1-17-22(18(2)28(24-17)21-7-5-4-6-8-21)23(29)27-15-13-26(14-16-27)20-11-9-19(10-12-20)25-32(3,30)31/h4-12,25H,13-16H2,1-3H3. The van der Waals surface area contributed by atoms with Gasteiger partial charge >= 0.3 is 0 Å². The molecular weight excluding hydrogens is 426 g/mol. The summed E-state index contributed by atoms with van der Waals surface area (Å²) in [7, 11) is -3.30. The molecule has 1 saturated heterocycles. The molecule has 0 saturated carbocycles. The van der Waals surface area contributed by atoms with Crippen LogP contribution in [0.1, 0.15) is 21.7 Å². The first kappa shape index (κ1) is 21.9. The van der Waals surface area contributed by atoms with E-state index in [2.05, 4.69) is 14.7 Å². The molecule has 4 rings (SSSR count). The van der Waals surface area contributed by atoms with Gasteiger partial charge in [0.2, 0.25) is 10.0 Å². The predicted molar refractivity (Wildman–Crippen MR) is 126 cm³/mol. The number of para-hydroxylation sites is 1. The number of anilines is 2. The van der Waals surface area contributed by atoms with Gasteiger partial charge < -0.3 is 9.80 Å². The zero-order valence-corrected chi connectivity index (χ0v) is 19.3. The van der Waals surface area contributed by atoms with Crippen molar-refractivity contribution in [3.63, 3.8) is 0 Å². The summed E-state index contributed by atoms with van der Waals surface area (Å²) in [6.07, 6.45) is 1.13. The first-order chi connectivity index (χ1) is 15.2. The van der Waals surface area contributed by atoms with E-state index in [0.717, 1.165) is 29.0 Å². The van der Waals surface area contributed by atoms with Gasteiger partial charge in [-0.05, 0) is 50.2 Å². The summed E-state index contributed by atoms with van der Waals surface area (Å²) in [4.78, 5) is 17.4. The average Bonchev–Trinajstić information content (AvgIpc) is 3.07. The van der Waals surface area contributed by atoms with E-state index in [1.54, 1.807) is 12.1 Å². The van der Waals surface area contributed by atoms with Crippen LogP contribution >= 0.6 is 0 Å². The van der Waals surface area contributed by atoms with Crippen LogP contribution < -0.4 is 9.62 Å². The van der Waals surface area contributed by atoms with E-state index in [1.165, 1.54) is 0 Å². The molecule has 0 spiro atoms. The predicted octanol–water partition coefficient (Wildman–Crippen LogP) is 2.82. The van der Waals surface area contributed by atoms with Gasteiger partial charge in [0.15, 0.2) is 0 Å². The van der Waals surface area contributed by atoms with Crippen molar-refractivity contribution in [2.45, 2.75) is 13.8 Å². The van der Waals surface area contributed by atoms with Crippen molar-refractivity contribution in [1.29, 1.82) is 0 Å². The number of hydrogen-bond acceptors (Lipinski definition) is 5. The maximum Gasteiger partial charge on any atom is 0.257 e. The molecule has 2 heterocycles. The third kappa shape index (κ3) is 4.62. The second-order valence-electron chi connectivity index (χ2n) is 7.99. The largest absolute Gasteiger partial charge is 0.368 e. The lowest BCUT2D eigenvalue weighted by Crippen LogP contribution is -2.49. The van der Waals surface area contributed by atoms with E-state index in [4.69, 9.17) is 0 Å². The zero-order valence-electron chi connectivity index (χ0n) is 18.4. The lowest BCUT2D eigenvalue weighted by atomic mass is 10.1. The van der Waals surface area contributed by atoms with Crippen LogP contribution in [0.2, 0.25) is 0 Å². The SMILES string of the molecule is Cc1nn(-c2ccccc2)c(C)c1C(=O)N1CCN(c2ccc(NS(C)(=O)=O)cc2)CC1. The Morgan fingerprint density at radius 1 is 0.906 bits per heavy atom. The van der Waals surface area contributed by atoms with Gasteiger partial charge in [-0.15, -0.1) is 0 Å². The van der Waals surface area contributed by atoms with Gasteiger partial charge in [-0.25, -0.2) is 13.1 Å². The summed E-state index contributed by atoms with van der Waals surface area (Å²) in [5.74, 6) is 0.00883. The Bertz CT molecular complexity index is 1210. The molecule has 168 valence electrons. The van der Waals surface area contributed by atoms with Crippen molar-refractivity contribution in [2.24, 2.45) is 0 Å². The Kier molecular flexibility index (Phi) is 5.92. The van der Waals surface area contributed by atoms with Crippen LogP contribution in [0.25, 0.3) is 5.69 Å². The van der Waals surface area contributed by atoms with E-state index >= 15 is 0 Å². The van der Waals surface area contributed by atoms with E-state index in [-0.39, 0.29) is 5.91 Å². The van der Waals surface area contributed by atoms with Gasteiger partial charge in [0, 0.05) is 37.6 Å². The van der Waals surface area contributed by atoms with Crippen LogP contribution in [0, 0.1) is 13.8 Å². The number of sulfonamides is 1. The Balaban J connectivity index is 1.44. The summed E-state index contributed by atoms with van der Waals surface area (Å²) in [5.41, 5.74) is 4.71. The summed E-state index contributed by atoms with van der Waals surface area (Å²) in [5, 5.41) is 4.60. The quantitative estimate of drug-likeness (QED) is 0.642. The minimum Gasteiger partial charge on any atom is -0.368 e. The number of amides is 1. The molecule has 1 N–H and O–H groups in total. The molecule has 1 fully saturated rings. The molecule has 32 heavy (non-hydrogen) atoms. The van der Waals surface area contributed by atoms with Gasteiger partial charge in [0.1, 0.15) is 0 Å². The van der Waals surface area contributed by atoms with E-state index < -0.39 is 10.0 Å². The third-order valence-corrected chi connectivity index (χ3v) is 6.22. The molecule has 1 aliphatic heterocycles. The fraction of sp³-hybridized carbons (Fsp3) is 0.304. The smallest absolute Gasteiger partial charge is 0.257 e. The minimum absolute atomic E-state index is 0.00883. The average molecular weight is 454 g/mol. The molecule has 1 aliphatic rings. The van der Waals surface area contributed by atoms with Crippen LogP contribution in [0.15, 0.2) is 54.6 Å². The summed E-state index contributed by atoms with van der Waals surface area (Å²) < 4.78 is 27.0. The maximum atomic E-state index is 13.3. The van der Waals surface area contributed by atoms with Crippen LogP contribution in [-0.4, -0.2) is 61.4 Å². The van der Waals surface area contributed by atoms with Gasteiger partial charge in [0.25, 0.3) is 5.91 Å². The second-order valence-corrected chi connectivity index (χ2v) is 9.74. The zero-order chi connectivity index (χ0) is 22.9. The highest BCUT2D eigenvalue weighted by Crippen LogP contribution is 2.23. The van der Waals surface area contributed by atoms with Crippen LogP contribution in [0.5, 0.6) is 0 Å². The molecule has 0 bridgehead atoms. The summed E-state index contributed by atoms with van der Waals surface area (Å²) >= 11 is 0. The lowest BCUT2D eigenvalue weighted by Gasteiger charge is -2.36.